The summed E-state index contributed by atoms with van der Waals surface area (Å²) in [5, 5.41) is 9.43. The maximum Gasteiger partial charge on any atom is 0.119 e. The molecule has 0 spiro atoms. The summed E-state index contributed by atoms with van der Waals surface area (Å²) in [4.78, 5) is 0. The normalized spacial score (nSPS) is 12.5. The Morgan fingerprint density at radius 2 is 2.00 bits per heavy atom. The van der Waals surface area contributed by atoms with Gasteiger partial charge in [-0.2, -0.15) is 0 Å². The fourth-order valence-corrected chi connectivity index (χ4v) is 1.40. The van der Waals surface area contributed by atoms with E-state index in [1.165, 1.54) is 0 Å². The molecule has 2 nitrogen and oxygen atoms in total. The van der Waals surface area contributed by atoms with Crippen molar-refractivity contribution in [3.8, 4) is 5.75 Å². The first-order valence-corrected chi connectivity index (χ1v) is 5.58. The average molecular weight is 259 g/mol. The lowest BCUT2D eigenvalue weighted by Gasteiger charge is -2.11. The van der Waals surface area contributed by atoms with Crippen molar-refractivity contribution < 1.29 is 9.84 Å². The molecule has 1 aromatic carbocycles. The van der Waals surface area contributed by atoms with E-state index in [9.17, 15) is 5.11 Å². The monoisotopic (exact) mass is 258 g/mol. The molecule has 1 atom stereocenters. The van der Waals surface area contributed by atoms with E-state index < -0.39 is 0 Å². The molecule has 0 radical (unpaired) electrons. The molecular formula is C11H15BrO2. The van der Waals surface area contributed by atoms with Gasteiger partial charge in [-0.25, -0.2) is 0 Å². The fourth-order valence-electron chi connectivity index (χ4n) is 1.14. The van der Waals surface area contributed by atoms with Gasteiger partial charge in [0.05, 0.1) is 6.10 Å². The van der Waals surface area contributed by atoms with Crippen LogP contribution in [0.15, 0.2) is 28.7 Å². The van der Waals surface area contributed by atoms with E-state index in [2.05, 4.69) is 15.9 Å². The van der Waals surface area contributed by atoms with Crippen LogP contribution in [0.2, 0.25) is 0 Å². The molecule has 0 aromatic heterocycles. The summed E-state index contributed by atoms with van der Waals surface area (Å²) in [5.41, 5.74) is 0. The van der Waals surface area contributed by atoms with Crippen LogP contribution in [0.4, 0.5) is 0 Å². The highest BCUT2D eigenvalue weighted by molar-refractivity contribution is 9.10. The van der Waals surface area contributed by atoms with E-state index in [-0.39, 0.29) is 6.10 Å². The maximum absolute atomic E-state index is 9.43. The van der Waals surface area contributed by atoms with Gasteiger partial charge in [-0.3, -0.25) is 0 Å². The van der Waals surface area contributed by atoms with Crippen molar-refractivity contribution in [2.45, 2.75) is 25.9 Å². The second-order valence-electron chi connectivity index (χ2n) is 3.21. The Morgan fingerprint density at radius 3 is 2.57 bits per heavy atom. The zero-order chi connectivity index (χ0) is 10.4. The number of halogens is 1. The van der Waals surface area contributed by atoms with Crippen LogP contribution in [-0.2, 0) is 0 Å². The molecule has 0 aliphatic rings. The van der Waals surface area contributed by atoms with E-state index in [1.807, 2.05) is 31.2 Å². The van der Waals surface area contributed by atoms with Crippen molar-refractivity contribution in [3.05, 3.63) is 28.7 Å². The van der Waals surface area contributed by atoms with E-state index >= 15 is 0 Å². The molecule has 0 bridgehead atoms. The minimum atomic E-state index is -0.358. The molecule has 0 heterocycles. The van der Waals surface area contributed by atoms with Crippen molar-refractivity contribution in [2.75, 3.05) is 6.61 Å². The molecule has 0 aliphatic carbocycles. The molecule has 1 rings (SSSR count). The SMILES string of the molecule is CCCC(O)COc1ccc(Br)cc1. The molecule has 1 aromatic rings. The number of ether oxygens (including phenoxy) is 1. The molecule has 1 unspecified atom stereocenters. The molecule has 1 N–H and O–H groups in total. The first-order valence-electron chi connectivity index (χ1n) is 4.78. The van der Waals surface area contributed by atoms with Crippen molar-refractivity contribution in [3.63, 3.8) is 0 Å². The molecule has 0 saturated carbocycles. The topological polar surface area (TPSA) is 29.5 Å². The Balaban J connectivity index is 2.34. The average Bonchev–Trinajstić information content (AvgIpc) is 2.17. The summed E-state index contributed by atoms with van der Waals surface area (Å²) in [6, 6.07) is 7.59. The first kappa shape index (κ1) is 11.5. The summed E-state index contributed by atoms with van der Waals surface area (Å²) in [5.74, 6) is 0.795. The highest BCUT2D eigenvalue weighted by Crippen LogP contribution is 2.16. The van der Waals surface area contributed by atoms with Gasteiger partial charge in [-0.05, 0) is 30.7 Å². The van der Waals surface area contributed by atoms with Gasteiger partial charge in [0.2, 0.25) is 0 Å². The number of hydrogen-bond donors (Lipinski definition) is 1. The third kappa shape index (κ3) is 4.11. The van der Waals surface area contributed by atoms with Crippen LogP contribution in [0.1, 0.15) is 19.8 Å². The Morgan fingerprint density at radius 1 is 1.36 bits per heavy atom. The zero-order valence-corrected chi connectivity index (χ0v) is 9.83. The van der Waals surface area contributed by atoms with Crippen molar-refractivity contribution in [1.82, 2.24) is 0 Å². The highest BCUT2D eigenvalue weighted by Gasteiger charge is 2.03. The summed E-state index contributed by atoms with van der Waals surface area (Å²) < 4.78 is 6.43. The molecule has 0 saturated heterocycles. The maximum atomic E-state index is 9.43. The van der Waals surface area contributed by atoms with Gasteiger partial charge < -0.3 is 9.84 Å². The first-order chi connectivity index (χ1) is 6.72. The van der Waals surface area contributed by atoms with Crippen molar-refractivity contribution >= 4 is 15.9 Å². The molecule has 0 amide bonds. The Hall–Kier alpha value is -0.540. The van der Waals surface area contributed by atoms with Gasteiger partial charge in [0.1, 0.15) is 12.4 Å². The second kappa shape index (κ2) is 6.04. The summed E-state index contributed by atoms with van der Waals surface area (Å²) in [6.45, 7) is 2.42. The second-order valence-corrected chi connectivity index (χ2v) is 4.12. The lowest BCUT2D eigenvalue weighted by atomic mass is 10.2. The predicted molar refractivity (Wildman–Crippen MR) is 60.6 cm³/mol. The quantitative estimate of drug-likeness (QED) is 0.880. The van der Waals surface area contributed by atoms with Gasteiger partial charge in [-0.15, -0.1) is 0 Å². The van der Waals surface area contributed by atoms with E-state index in [4.69, 9.17) is 4.74 Å². The lowest BCUT2D eigenvalue weighted by molar-refractivity contribution is 0.0993. The standard InChI is InChI=1S/C11H15BrO2/c1-2-3-10(13)8-14-11-6-4-9(12)5-7-11/h4-7,10,13H,2-3,8H2,1H3. The molecule has 0 fully saturated rings. The number of hydrogen-bond acceptors (Lipinski definition) is 2. The fraction of sp³-hybridized carbons (Fsp3) is 0.455. The third-order valence-corrected chi connectivity index (χ3v) is 2.41. The minimum absolute atomic E-state index is 0.358. The lowest BCUT2D eigenvalue weighted by Crippen LogP contribution is -2.16. The largest absolute Gasteiger partial charge is 0.491 e. The van der Waals surface area contributed by atoms with Crippen LogP contribution in [0.25, 0.3) is 0 Å². The zero-order valence-electron chi connectivity index (χ0n) is 8.24. The Bertz CT molecular complexity index is 258. The highest BCUT2D eigenvalue weighted by atomic mass is 79.9. The number of benzene rings is 1. The summed E-state index contributed by atoms with van der Waals surface area (Å²) in [6.07, 6.45) is 1.41. The Kier molecular flexibility index (Phi) is 4.98. The summed E-state index contributed by atoms with van der Waals surface area (Å²) in [7, 11) is 0. The van der Waals surface area contributed by atoms with Gasteiger partial charge in [-0.1, -0.05) is 29.3 Å². The van der Waals surface area contributed by atoms with Gasteiger partial charge in [0.25, 0.3) is 0 Å². The van der Waals surface area contributed by atoms with Gasteiger partial charge in [0, 0.05) is 4.47 Å². The van der Waals surface area contributed by atoms with Crippen LogP contribution in [0.3, 0.4) is 0 Å². The van der Waals surface area contributed by atoms with E-state index in [0.29, 0.717) is 6.61 Å². The van der Waals surface area contributed by atoms with Crippen LogP contribution in [0, 0.1) is 0 Å². The molecular weight excluding hydrogens is 244 g/mol. The molecule has 3 heteroatoms. The number of aliphatic hydroxyl groups excluding tert-OH is 1. The minimum Gasteiger partial charge on any atom is -0.491 e. The number of rotatable bonds is 5. The smallest absolute Gasteiger partial charge is 0.119 e. The third-order valence-electron chi connectivity index (χ3n) is 1.88. The molecule has 78 valence electrons. The van der Waals surface area contributed by atoms with Crippen LogP contribution in [0.5, 0.6) is 5.75 Å². The van der Waals surface area contributed by atoms with Gasteiger partial charge in [0.15, 0.2) is 0 Å². The molecule has 14 heavy (non-hydrogen) atoms. The van der Waals surface area contributed by atoms with Crippen molar-refractivity contribution in [2.24, 2.45) is 0 Å². The Labute approximate surface area is 93.0 Å². The van der Waals surface area contributed by atoms with E-state index in [0.717, 1.165) is 23.1 Å². The van der Waals surface area contributed by atoms with Crippen LogP contribution < -0.4 is 4.74 Å². The van der Waals surface area contributed by atoms with Crippen LogP contribution >= 0.6 is 15.9 Å². The van der Waals surface area contributed by atoms with E-state index in [1.54, 1.807) is 0 Å². The molecule has 0 aliphatic heterocycles. The van der Waals surface area contributed by atoms with Crippen LogP contribution in [-0.4, -0.2) is 17.8 Å². The summed E-state index contributed by atoms with van der Waals surface area (Å²) >= 11 is 3.35. The van der Waals surface area contributed by atoms with Crippen molar-refractivity contribution in [1.29, 1.82) is 0 Å². The van der Waals surface area contributed by atoms with Gasteiger partial charge >= 0.3 is 0 Å². The predicted octanol–water partition coefficient (Wildman–Crippen LogP) is 2.99. The number of aliphatic hydroxyl groups is 1.